The molecule has 0 spiro atoms. The van der Waals surface area contributed by atoms with Gasteiger partial charge in [0.2, 0.25) is 0 Å². The van der Waals surface area contributed by atoms with E-state index in [9.17, 15) is 0 Å². The molecule has 1 nitrogen and oxygen atoms in total. The van der Waals surface area contributed by atoms with Gasteiger partial charge in [-0.25, -0.2) is 0 Å². The Hall–Kier alpha value is -1.12. The molecular formula is C15H19NS. The number of rotatable bonds is 4. The Labute approximate surface area is 107 Å². The van der Waals surface area contributed by atoms with Gasteiger partial charge in [-0.1, -0.05) is 37.6 Å². The van der Waals surface area contributed by atoms with Crippen LogP contribution in [0.3, 0.4) is 0 Å². The van der Waals surface area contributed by atoms with Gasteiger partial charge in [-0.3, -0.25) is 0 Å². The third kappa shape index (κ3) is 2.76. The van der Waals surface area contributed by atoms with E-state index in [0.717, 1.165) is 12.8 Å². The molecule has 1 unspecified atom stereocenters. The number of aryl methyl sites for hydroxylation is 1. The molecule has 0 aliphatic heterocycles. The van der Waals surface area contributed by atoms with Crippen molar-refractivity contribution in [1.29, 1.82) is 0 Å². The monoisotopic (exact) mass is 245 g/mol. The van der Waals surface area contributed by atoms with Gasteiger partial charge in [0.1, 0.15) is 0 Å². The molecule has 0 aliphatic rings. The van der Waals surface area contributed by atoms with Crippen LogP contribution >= 0.6 is 11.3 Å². The molecule has 0 saturated carbocycles. The number of hydrogen-bond acceptors (Lipinski definition) is 2. The molecule has 0 aliphatic carbocycles. The summed E-state index contributed by atoms with van der Waals surface area (Å²) in [6.45, 7) is 4.33. The second-order valence-corrected chi connectivity index (χ2v) is 5.53. The molecular weight excluding hydrogens is 226 g/mol. The standard InChI is InChI=1S/C15H19NS/c1-3-6-13(16)15-10-9-14(17-15)12-8-5-4-7-11(12)2/h4-5,7-10,13H,3,6,16H2,1-2H3. The zero-order chi connectivity index (χ0) is 12.3. The first-order valence-electron chi connectivity index (χ1n) is 6.13. The molecule has 0 saturated heterocycles. The van der Waals surface area contributed by atoms with E-state index in [0.29, 0.717) is 0 Å². The van der Waals surface area contributed by atoms with Gasteiger partial charge in [0.15, 0.2) is 0 Å². The van der Waals surface area contributed by atoms with E-state index in [4.69, 9.17) is 5.73 Å². The molecule has 2 N–H and O–H groups in total. The van der Waals surface area contributed by atoms with Gasteiger partial charge in [0, 0.05) is 15.8 Å². The van der Waals surface area contributed by atoms with Crippen molar-refractivity contribution < 1.29 is 0 Å². The summed E-state index contributed by atoms with van der Waals surface area (Å²) >= 11 is 1.82. The summed E-state index contributed by atoms with van der Waals surface area (Å²) < 4.78 is 0. The summed E-state index contributed by atoms with van der Waals surface area (Å²) in [7, 11) is 0. The fourth-order valence-electron chi connectivity index (χ4n) is 2.00. The van der Waals surface area contributed by atoms with E-state index in [2.05, 4.69) is 50.2 Å². The van der Waals surface area contributed by atoms with Gasteiger partial charge in [0.05, 0.1) is 0 Å². The second-order valence-electron chi connectivity index (χ2n) is 4.41. The minimum atomic E-state index is 0.197. The number of benzene rings is 1. The Balaban J connectivity index is 2.27. The summed E-state index contributed by atoms with van der Waals surface area (Å²) in [6.07, 6.45) is 2.20. The first-order valence-corrected chi connectivity index (χ1v) is 6.95. The minimum Gasteiger partial charge on any atom is -0.323 e. The third-order valence-electron chi connectivity index (χ3n) is 3.00. The van der Waals surface area contributed by atoms with Crippen LogP contribution in [0.25, 0.3) is 10.4 Å². The molecule has 0 radical (unpaired) electrons. The van der Waals surface area contributed by atoms with E-state index in [-0.39, 0.29) is 6.04 Å². The predicted molar refractivity (Wildman–Crippen MR) is 76.3 cm³/mol. The average Bonchev–Trinajstić information content (AvgIpc) is 2.79. The van der Waals surface area contributed by atoms with E-state index in [1.54, 1.807) is 0 Å². The quantitative estimate of drug-likeness (QED) is 0.841. The molecule has 1 aromatic heterocycles. The van der Waals surface area contributed by atoms with Crippen LogP contribution in [0.5, 0.6) is 0 Å². The molecule has 17 heavy (non-hydrogen) atoms. The van der Waals surface area contributed by atoms with Gasteiger partial charge in [0.25, 0.3) is 0 Å². The highest BCUT2D eigenvalue weighted by atomic mass is 32.1. The Kier molecular flexibility index (Phi) is 3.97. The average molecular weight is 245 g/mol. The SMILES string of the molecule is CCCC(N)c1ccc(-c2ccccc2C)s1. The fourth-order valence-corrected chi connectivity index (χ4v) is 3.13. The molecule has 2 heteroatoms. The lowest BCUT2D eigenvalue weighted by molar-refractivity contribution is 0.648. The van der Waals surface area contributed by atoms with Gasteiger partial charge >= 0.3 is 0 Å². The van der Waals surface area contributed by atoms with Crippen LogP contribution in [-0.4, -0.2) is 0 Å². The Morgan fingerprint density at radius 2 is 1.94 bits per heavy atom. The molecule has 1 heterocycles. The van der Waals surface area contributed by atoms with Gasteiger partial charge in [-0.15, -0.1) is 11.3 Å². The topological polar surface area (TPSA) is 26.0 Å². The first-order chi connectivity index (χ1) is 8.22. The fraction of sp³-hybridized carbons (Fsp3) is 0.333. The molecule has 2 rings (SSSR count). The number of hydrogen-bond donors (Lipinski definition) is 1. The number of nitrogens with two attached hydrogens (primary N) is 1. The van der Waals surface area contributed by atoms with E-state index in [1.807, 2.05) is 11.3 Å². The van der Waals surface area contributed by atoms with Crippen molar-refractivity contribution in [3.05, 3.63) is 46.8 Å². The molecule has 1 aromatic carbocycles. The van der Waals surface area contributed by atoms with E-state index >= 15 is 0 Å². The van der Waals surface area contributed by atoms with Crippen molar-refractivity contribution in [2.75, 3.05) is 0 Å². The van der Waals surface area contributed by atoms with Crippen molar-refractivity contribution in [2.45, 2.75) is 32.7 Å². The van der Waals surface area contributed by atoms with Crippen LogP contribution in [0.4, 0.5) is 0 Å². The molecule has 1 atom stereocenters. The van der Waals surface area contributed by atoms with Crippen LogP contribution in [-0.2, 0) is 0 Å². The van der Waals surface area contributed by atoms with E-state index in [1.165, 1.54) is 20.9 Å². The smallest absolute Gasteiger partial charge is 0.0389 e. The third-order valence-corrected chi connectivity index (χ3v) is 4.25. The van der Waals surface area contributed by atoms with Gasteiger partial charge in [-0.2, -0.15) is 0 Å². The summed E-state index contributed by atoms with van der Waals surface area (Å²) in [5.74, 6) is 0. The lowest BCUT2D eigenvalue weighted by Crippen LogP contribution is -2.07. The summed E-state index contributed by atoms with van der Waals surface area (Å²) in [5, 5.41) is 0. The highest BCUT2D eigenvalue weighted by molar-refractivity contribution is 7.15. The largest absolute Gasteiger partial charge is 0.323 e. The summed E-state index contributed by atoms with van der Waals surface area (Å²) in [6, 6.07) is 13.1. The van der Waals surface area contributed by atoms with Crippen LogP contribution in [0.1, 0.15) is 36.2 Å². The van der Waals surface area contributed by atoms with E-state index < -0.39 is 0 Å². The van der Waals surface area contributed by atoms with Crippen molar-refractivity contribution in [2.24, 2.45) is 5.73 Å². The highest BCUT2D eigenvalue weighted by Gasteiger charge is 2.10. The normalized spacial score (nSPS) is 12.6. The predicted octanol–water partition coefficient (Wildman–Crippen LogP) is 4.52. The Morgan fingerprint density at radius 3 is 2.65 bits per heavy atom. The molecule has 90 valence electrons. The van der Waals surface area contributed by atoms with Gasteiger partial charge < -0.3 is 5.73 Å². The maximum atomic E-state index is 6.15. The molecule has 0 fully saturated rings. The van der Waals surface area contributed by atoms with Crippen molar-refractivity contribution >= 4 is 11.3 Å². The van der Waals surface area contributed by atoms with Crippen molar-refractivity contribution in [1.82, 2.24) is 0 Å². The van der Waals surface area contributed by atoms with Crippen LogP contribution in [0.2, 0.25) is 0 Å². The second kappa shape index (κ2) is 5.48. The zero-order valence-corrected chi connectivity index (χ0v) is 11.3. The maximum absolute atomic E-state index is 6.15. The first kappa shape index (κ1) is 12.3. The van der Waals surface area contributed by atoms with Gasteiger partial charge in [-0.05, 0) is 36.6 Å². The molecule has 0 bridgehead atoms. The lowest BCUT2D eigenvalue weighted by atomic mass is 10.1. The minimum absolute atomic E-state index is 0.197. The Bertz CT molecular complexity index is 487. The lowest BCUT2D eigenvalue weighted by Gasteiger charge is -2.07. The highest BCUT2D eigenvalue weighted by Crippen LogP contribution is 2.33. The molecule has 2 aromatic rings. The van der Waals surface area contributed by atoms with Crippen LogP contribution in [0, 0.1) is 6.92 Å². The summed E-state index contributed by atoms with van der Waals surface area (Å²) in [4.78, 5) is 2.62. The maximum Gasteiger partial charge on any atom is 0.0389 e. The summed E-state index contributed by atoms with van der Waals surface area (Å²) in [5.41, 5.74) is 8.80. The van der Waals surface area contributed by atoms with Crippen LogP contribution in [0.15, 0.2) is 36.4 Å². The zero-order valence-electron chi connectivity index (χ0n) is 10.4. The van der Waals surface area contributed by atoms with Crippen LogP contribution < -0.4 is 5.73 Å². The Morgan fingerprint density at radius 1 is 1.18 bits per heavy atom. The number of thiophene rings is 1. The van der Waals surface area contributed by atoms with Crippen molar-refractivity contribution in [3.8, 4) is 10.4 Å². The van der Waals surface area contributed by atoms with Crippen molar-refractivity contribution in [3.63, 3.8) is 0 Å². The molecule has 0 amide bonds.